The lowest BCUT2D eigenvalue weighted by Gasteiger charge is -2.12. The van der Waals surface area contributed by atoms with Gasteiger partial charge in [0.2, 0.25) is 0 Å². The van der Waals surface area contributed by atoms with Gasteiger partial charge in [-0.05, 0) is 13.0 Å². The lowest BCUT2D eigenvalue weighted by Crippen LogP contribution is -2.19. The second-order valence-corrected chi connectivity index (χ2v) is 3.80. The Labute approximate surface area is 91.6 Å². The average molecular weight is 234 g/mol. The summed E-state index contributed by atoms with van der Waals surface area (Å²) < 4.78 is 5.61. The van der Waals surface area contributed by atoms with Crippen molar-refractivity contribution in [1.82, 2.24) is 15.5 Å². The Morgan fingerprint density at radius 2 is 2.29 bits per heavy atom. The van der Waals surface area contributed by atoms with E-state index in [9.17, 15) is 0 Å². The fraction of sp³-hybridized carbons (Fsp3) is 0.500. The number of hydrogen-bond acceptors (Lipinski definition) is 4. The van der Waals surface area contributed by atoms with Crippen LogP contribution in [0.25, 0.3) is 0 Å². The molecule has 1 atom stereocenters. The Bertz CT molecular complexity index is 328. The van der Waals surface area contributed by atoms with Gasteiger partial charge >= 0.3 is 0 Å². The molecule has 0 saturated carbocycles. The van der Waals surface area contributed by atoms with E-state index in [1.807, 2.05) is 0 Å². The van der Waals surface area contributed by atoms with Gasteiger partial charge in [-0.2, -0.15) is 0 Å². The molecule has 2 heterocycles. The standard InChI is InChI=1S/C8H9Cl2N3O/c9-7-3-6(8(10)13-12-7)14-5-1-2-11-4-5/h3,5,11H,1-2,4H2. The van der Waals surface area contributed by atoms with Gasteiger partial charge in [-0.1, -0.05) is 23.2 Å². The largest absolute Gasteiger partial charge is 0.486 e. The molecule has 0 spiro atoms. The highest BCUT2D eigenvalue weighted by molar-refractivity contribution is 6.32. The van der Waals surface area contributed by atoms with Gasteiger partial charge in [-0.25, -0.2) is 0 Å². The third kappa shape index (κ3) is 2.26. The van der Waals surface area contributed by atoms with Crippen LogP contribution >= 0.6 is 23.2 Å². The van der Waals surface area contributed by atoms with Gasteiger partial charge < -0.3 is 10.1 Å². The maximum absolute atomic E-state index is 5.80. The molecular weight excluding hydrogens is 225 g/mol. The van der Waals surface area contributed by atoms with Gasteiger partial charge in [0.25, 0.3) is 0 Å². The molecule has 0 aromatic carbocycles. The van der Waals surface area contributed by atoms with Gasteiger partial charge in [0.1, 0.15) is 6.10 Å². The van der Waals surface area contributed by atoms with Crippen molar-refractivity contribution in [3.8, 4) is 5.75 Å². The fourth-order valence-electron chi connectivity index (χ4n) is 1.33. The highest BCUT2D eigenvalue weighted by Gasteiger charge is 2.17. The first-order valence-electron chi connectivity index (χ1n) is 4.32. The van der Waals surface area contributed by atoms with E-state index in [2.05, 4.69) is 15.5 Å². The SMILES string of the molecule is Clc1cc(OC2CCNC2)c(Cl)nn1. The third-order valence-electron chi connectivity index (χ3n) is 2.00. The maximum atomic E-state index is 5.80. The first-order chi connectivity index (χ1) is 6.75. The van der Waals surface area contributed by atoms with Crippen LogP contribution in [0.5, 0.6) is 5.75 Å². The minimum atomic E-state index is 0.146. The molecule has 14 heavy (non-hydrogen) atoms. The molecule has 76 valence electrons. The van der Waals surface area contributed by atoms with Crippen molar-refractivity contribution in [2.45, 2.75) is 12.5 Å². The van der Waals surface area contributed by atoms with Crippen molar-refractivity contribution < 1.29 is 4.74 Å². The molecule has 0 amide bonds. The number of ether oxygens (including phenoxy) is 1. The van der Waals surface area contributed by atoms with Crippen LogP contribution in [0.2, 0.25) is 10.3 Å². The summed E-state index contributed by atoms with van der Waals surface area (Å²) in [5.74, 6) is 0.500. The summed E-state index contributed by atoms with van der Waals surface area (Å²) in [5, 5.41) is 11.0. The Morgan fingerprint density at radius 3 is 3.00 bits per heavy atom. The zero-order valence-electron chi connectivity index (χ0n) is 7.33. The van der Waals surface area contributed by atoms with Crippen LogP contribution in [0.1, 0.15) is 6.42 Å². The van der Waals surface area contributed by atoms with Crippen LogP contribution in [0.4, 0.5) is 0 Å². The summed E-state index contributed by atoms with van der Waals surface area (Å²) in [4.78, 5) is 0. The normalized spacial score (nSPS) is 21.1. The number of halogens is 2. The molecule has 1 aliphatic rings. The molecule has 2 rings (SSSR count). The predicted octanol–water partition coefficient (Wildman–Crippen LogP) is 1.52. The van der Waals surface area contributed by atoms with Crippen LogP contribution in [0.15, 0.2) is 6.07 Å². The van der Waals surface area contributed by atoms with E-state index in [0.717, 1.165) is 19.5 Å². The van der Waals surface area contributed by atoms with Crippen LogP contribution in [0.3, 0.4) is 0 Å². The molecule has 6 heteroatoms. The number of nitrogens with zero attached hydrogens (tertiary/aromatic N) is 2. The molecule has 1 saturated heterocycles. The topological polar surface area (TPSA) is 47.0 Å². The van der Waals surface area contributed by atoms with Crippen LogP contribution in [-0.2, 0) is 0 Å². The molecular formula is C8H9Cl2N3O. The zero-order chi connectivity index (χ0) is 9.97. The summed E-state index contributed by atoms with van der Waals surface area (Å²) in [6.45, 7) is 1.80. The molecule has 0 aliphatic carbocycles. The van der Waals surface area contributed by atoms with E-state index in [-0.39, 0.29) is 16.4 Å². The molecule has 4 nitrogen and oxygen atoms in total. The van der Waals surface area contributed by atoms with Gasteiger partial charge in [0.05, 0.1) is 0 Å². The molecule has 1 N–H and O–H groups in total. The predicted molar refractivity (Wildman–Crippen MR) is 54.0 cm³/mol. The van der Waals surface area contributed by atoms with Crippen molar-refractivity contribution in [2.75, 3.05) is 13.1 Å². The molecule has 0 radical (unpaired) electrons. The molecule has 0 bridgehead atoms. The lowest BCUT2D eigenvalue weighted by atomic mass is 10.3. The maximum Gasteiger partial charge on any atom is 0.193 e. The van der Waals surface area contributed by atoms with E-state index in [1.165, 1.54) is 0 Å². The fourth-order valence-corrected chi connectivity index (χ4v) is 1.60. The summed E-state index contributed by atoms with van der Waals surface area (Å²) in [7, 11) is 0. The Morgan fingerprint density at radius 1 is 1.43 bits per heavy atom. The van der Waals surface area contributed by atoms with Gasteiger partial charge in [0, 0.05) is 12.6 Å². The van der Waals surface area contributed by atoms with E-state index >= 15 is 0 Å². The van der Waals surface area contributed by atoms with E-state index < -0.39 is 0 Å². The lowest BCUT2D eigenvalue weighted by molar-refractivity contribution is 0.222. The van der Waals surface area contributed by atoms with E-state index in [1.54, 1.807) is 6.07 Å². The summed E-state index contributed by atoms with van der Waals surface area (Å²) in [6, 6.07) is 1.58. The van der Waals surface area contributed by atoms with Crippen molar-refractivity contribution >= 4 is 23.2 Å². The van der Waals surface area contributed by atoms with Crippen LogP contribution < -0.4 is 10.1 Å². The highest BCUT2D eigenvalue weighted by Crippen LogP contribution is 2.25. The minimum absolute atomic E-state index is 0.146. The number of hydrogen-bond donors (Lipinski definition) is 1. The van der Waals surface area contributed by atoms with Crippen molar-refractivity contribution in [3.63, 3.8) is 0 Å². The second kappa shape index (κ2) is 4.29. The molecule has 1 aromatic heterocycles. The van der Waals surface area contributed by atoms with Gasteiger partial charge in [0.15, 0.2) is 16.1 Å². The smallest absolute Gasteiger partial charge is 0.193 e. The summed E-state index contributed by atoms with van der Waals surface area (Å²) >= 11 is 11.5. The molecule has 1 aromatic rings. The van der Waals surface area contributed by atoms with Crippen molar-refractivity contribution in [1.29, 1.82) is 0 Å². The quantitative estimate of drug-likeness (QED) is 0.842. The highest BCUT2D eigenvalue weighted by atomic mass is 35.5. The van der Waals surface area contributed by atoms with Crippen molar-refractivity contribution in [3.05, 3.63) is 16.4 Å². The zero-order valence-corrected chi connectivity index (χ0v) is 8.85. The Kier molecular flexibility index (Phi) is 3.05. The molecule has 1 unspecified atom stereocenters. The summed E-state index contributed by atoms with van der Waals surface area (Å²) in [6.07, 6.45) is 1.11. The Hall–Kier alpha value is -0.580. The monoisotopic (exact) mass is 233 g/mol. The third-order valence-corrected chi connectivity index (χ3v) is 2.44. The van der Waals surface area contributed by atoms with Gasteiger partial charge in [-0.15, -0.1) is 10.2 Å². The molecule has 1 aliphatic heterocycles. The molecule has 1 fully saturated rings. The second-order valence-electron chi connectivity index (χ2n) is 3.05. The summed E-state index contributed by atoms with van der Waals surface area (Å²) in [5.41, 5.74) is 0. The Balaban J connectivity index is 2.10. The number of rotatable bonds is 2. The van der Waals surface area contributed by atoms with Crippen LogP contribution in [0, 0.1) is 0 Å². The average Bonchev–Trinajstić information content (AvgIpc) is 2.64. The number of nitrogens with one attached hydrogen (secondary N) is 1. The van der Waals surface area contributed by atoms with Gasteiger partial charge in [-0.3, -0.25) is 0 Å². The van der Waals surface area contributed by atoms with E-state index in [4.69, 9.17) is 27.9 Å². The first kappa shape index (κ1) is 9.96. The minimum Gasteiger partial charge on any atom is -0.486 e. The van der Waals surface area contributed by atoms with E-state index in [0.29, 0.717) is 5.75 Å². The van der Waals surface area contributed by atoms with Crippen molar-refractivity contribution in [2.24, 2.45) is 0 Å². The van der Waals surface area contributed by atoms with Crippen LogP contribution in [-0.4, -0.2) is 29.4 Å². The first-order valence-corrected chi connectivity index (χ1v) is 5.07. The number of aromatic nitrogens is 2.